The van der Waals surface area contributed by atoms with Crippen LogP contribution in [-0.2, 0) is 26.2 Å². The van der Waals surface area contributed by atoms with E-state index in [0.29, 0.717) is 0 Å². The number of hydrogen-bond acceptors (Lipinski definition) is 0. The molecule has 0 aliphatic carbocycles. The minimum absolute atomic E-state index is 0. The van der Waals surface area contributed by atoms with E-state index in [0.717, 1.165) is 0 Å². The predicted molar refractivity (Wildman–Crippen MR) is 52.9 cm³/mol. The maximum Gasteiger partial charge on any atom is 0 e. The third kappa shape index (κ3) is 7.68. The zero-order valence-electron chi connectivity index (χ0n) is 7.43. The molecule has 0 amide bonds. The molecule has 0 bridgehead atoms. The van der Waals surface area contributed by atoms with Gasteiger partial charge in [0.15, 0.2) is 0 Å². The zero-order valence-corrected chi connectivity index (χ0v) is 9.89. The second-order valence-corrected chi connectivity index (χ2v) is 2.31. The Labute approximate surface area is 98.7 Å². The first kappa shape index (κ1) is 12.3. The molecule has 0 aliphatic heterocycles. The fraction of sp³-hybridized carbons (Fsp3) is 0. The average Bonchev–Trinajstić information content (AvgIpc) is 2.24. The number of benzene rings is 2. The van der Waals surface area contributed by atoms with Crippen molar-refractivity contribution in [2.45, 2.75) is 0 Å². The van der Waals surface area contributed by atoms with Gasteiger partial charge in [-0.1, -0.05) is 72.8 Å². The third-order valence-electron chi connectivity index (χ3n) is 1.33. The monoisotopic (exact) mass is 246 g/mol. The molecule has 0 saturated carbocycles. The van der Waals surface area contributed by atoms with Crippen molar-refractivity contribution in [2.24, 2.45) is 0 Å². The van der Waals surface area contributed by atoms with Gasteiger partial charge in [-0.3, -0.25) is 0 Å². The topological polar surface area (TPSA) is 0 Å². The van der Waals surface area contributed by atoms with Gasteiger partial charge in [0.1, 0.15) is 0 Å². The summed E-state index contributed by atoms with van der Waals surface area (Å²) in [5.41, 5.74) is 0. The second kappa shape index (κ2) is 9.41. The van der Waals surface area contributed by atoms with Crippen LogP contribution in [0.5, 0.6) is 0 Å². The van der Waals surface area contributed by atoms with E-state index in [1.165, 1.54) is 0 Å². The minimum atomic E-state index is 0. The average molecular weight is 247 g/mol. The minimum Gasteiger partial charge on any atom is -0.0623 e. The van der Waals surface area contributed by atoms with Crippen LogP contribution < -0.4 is 0 Å². The van der Waals surface area contributed by atoms with Crippen LogP contribution in [0.1, 0.15) is 0 Å². The molecule has 0 N–H and O–H groups in total. The molecular weight excluding hydrogens is 235 g/mol. The first-order valence-corrected chi connectivity index (χ1v) is 4.00. The van der Waals surface area contributed by atoms with E-state index < -0.39 is 0 Å². The van der Waals surface area contributed by atoms with Crippen molar-refractivity contribution in [3.05, 3.63) is 72.8 Å². The summed E-state index contributed by atoms with van der Waals surface area (Å²) in [5, 5.41) is 0. The van der Waals surface area contributed by atoms with Gasteiger partial charge in [-0.05, 0) is 0 Å². The quantitative estimate of drug-likeness (QED) is 0.669. The van der Waals surface area contributed by atoms with Gasteiger partial charge in [-0.2, -0.15) is 0 Å². The molecule has 1 heteroatoms. The first-order chi connectivity index (χ1) is 6.00. The molecular formula is C12H12Zr. The molecule has 0 saturated heterocycles. The van der Waals surface area contributed by atoms with Gasteiger partial charge in [0.2, 0.25) is 0 Å². The maximum atomic E-state index is 2.00. The first-order valence-electron chi connectivity index (χ1n) is 4.00. The van der Waals surface area contributed by atoms with Crippen molar-refractivity contribution in [3.63, 3.8) is 0 Å². The van der Waals surface area contributed by atoms with Gasteiger partial charge in [0.05, 0.1) is 0 Å². The van der Waals surface area contributed by atoms with Crippen LogP contribution >= 0.6 is 0 Å². The van der Waals surface area contributed by atoms with Crippen molar-refractivity contribution in [1.82, 2.24) is 0 Å². The van der Waals surface area contributed by atoms with Crippen molar-refractivity contribution >= 4 is 0 Å². The molecule has 0 fully saturated rings. The van der Waals surface area contributed by atoms with Crippen LogP contribution in [0, 0.1) is 0 Å². The van der Waals surface area contributed by atoms with E-state index in [1.807, 2.05) is 72.8 Å². The molecule has 2 rings (SSSR count). The third-order valence-corrected chi connectivity index (χ3v) is 1.33. The molecule has 0 spiro atoms. The summed E-state index contributed by atoms with van der Waals surface area (Å²) in [6, 6.07) is 24.0. The van der Waals surface area contributed by atoms with Gasteiger partial charge in [-0.15, -0.1) is 0 Å². The van der Waals surface area contributed by atoms with E-state index in [4.69, 9.17) is 0 Å². The van der Waals surface area contributed by atoms with Crippen LogP contribution in [0.15, 0.2) is 72.8 Å². The SMILES string of the molecule is [Zr].c1ccccc1.c1ccccc1. The number of hydrogen-bond donors (Lipinski definition) is 0. The van der Waals surface area contributed by atoms with Crippen LogP contribution in [0.3, 0.4) is 0 Å². The van der Waals surface area contributed by atoms with Gasteiger partial charge in [0, 0.05) is 26.2 Å². The predicted octanol–water partition coefficient (Wildman–Crippen LogP) is 3.37. The Hall–Kier alpha value is -0.677. The van der Waals surface area contributed by atoms with Gasteiger partial charge in [-0.25, -0.2) is 0 Å². The van der Waals surface area contributed by atoms with Crippen molar-refractivity contribution in [1.29, 1.82) is 0 Å². The van der Waals surface area contributed by atoms with E-state index in [2.05, 4.69) is 0 Å². The summed E-state index contributed by atoms with van der Waals surface area (Å²) in [6.07, 6.45) is 0. The maximum absolute atomic E-state index is 2.00. The van der Waals surface area contributed by atoms with E-state index in [9.17, 15) is 0 Å². The van der Waals surface area contributed by atoms with Gasteiger partial charge in [0.25, 0.3) is 0 Å². The molecule has 0 unspecified atom stereocenters. The van der Waals surface area contributed by atoms with Gasteiger partial charge >= 0.3 is 0 Å². The molecule has 13 heavy (non-hydrogen) atoms. The molecule has 0 atom stereocenters. The Bertz CT molecular complexity index is 181. The largest absolute Gasteiger partial charge is 0.0623 e. The van der Waals surface area contributed by atoms with E-state index in [-0.39, 0.29) is 26.2 Å². The molecule has 0 radical (unpaired) electrons. The van der Waals surface area contributed by atoms with Crippen LogP contribution in [0.25, 0.3) is 0 Å². The van der Waals surface area contributed by atoms with Crippen molar-refractivity contribution < 1.29 is 26.2 Å². The smallest absolute Gasteiger partial charge is 0 e. The standard InChI is InChI=1S/2C6H6.Zr/c2*1-2-4-6-5-3-1;/h2*1-6H;. The van der Waals surface area contributed by atoms with Crippen LogP contribution in [0.4, 0.5) is 0 Å². The Morgan fingerprint density at radius 2 is 0.308 bits per heavy atom. The molecule has 0 heterocycles. The molecule has 64 valence electrons. The summed E-state index contributed by atoms with van der Waals surface area (Å²) < 4.78 is 0. The number of rotatable bonds is 0. The summed E-state index contributed by atoms with van der Waals surface area (Å²) in [4.78, 5) is 0. The fourth-order valence-electron chi connectivity index (χ4n) is 0.770. The van der Waals surface area contributed by atoms with Crippen LogP contribution in [0.2, 0.25) is 0 Å². The Morgan fingerprint density at radius 1 is 0.231 bits per heavy atom. The molecule has 0 nitrogen and oxygen atoms in total. The van der Waals surface area contributed by atoms with Crippen molar-refractivity contribution in [2.75, 3.05) is 0 Å². The normalized spacial score (nSPS) is 7.38. The van der Waals surface area contributed by atoms with Gasteiger partial charge < -0.3 is 0 Å². The second-order valence-electron chi connectivity index (χ2n) is 2.31. The Balaban J connectivity index is 0.000000206. The van der Waals surface area contributed by atoms with E-state index >= 15 is 0 Å². The summed E-state index contributed by atoms with van der Waals surface area (Å²) >= 11 is 0. The summed E-state index contributed by atoms with van der Waals surface area (Å²) in [6.45, 7) is 0. The van der Waals surface area contributed by atoms with E-state index in [1.54, 1.807) is 0 Å². The molecule has 0 aromatic heterocycles. The molecule has 2 aromatic carbocycles. The van der Waals surface area contributed by atoms with Crippen molar-refractivity contribution in [3.8, 4) is 0 Å². The fourth-order valence-corrected chi connectivity index (χ4v) is 0.770. The Kier molecular flexibility index (Phi) is 8.92. The van der Waals surface area contributed by atoms with Crippen LogP contribution in [-0.4, -0.2) is 0 Å². The molecule has 0 aliphatic rings. The summed E-state index contributed by atoms with van der Waals surface area (Å²) in [7, 11) is 0. The zero-order chi connectivity index (χ0) is 8.49. The molecule has 2 aromatic rings. The Morgan fingerprint density at radius 3 is 0.385 bits per heavy atom. The summed E-state index contributed by atoms with van der Waals surface area (Å²) in [5.74, 6) is 0.